The first-order valence-corrected chi connectivity index (χ1v) is 6.09. The summed E-state index contributed by atoms with van der Waals surface area (Å²) < 4.78 is 0. The van der Waals surface area contributed by atoms with Crippen LogP contribution in [0, 0.1) is 18.3 Å². The Balaban J connectivity index is 2.09. The quantitative estimate of drug-likeness (QED) is 0.866. The maximum absolute atomic E-state index is 8.80. The van der Waals surface area contributed by atoms with Crippen LogP contribution in [0.3, 0.4) is 0 Å². The minimum Gasteiger partial charge on any atom is -0.363 e. The first-order chi connectivity index (χ1) is 8.17. The van der Waals surface area contributed by atoms with Gasteiger partial charge in [-0.05, 0) is 19.1 Å². The number of thiazole rings is 1. The van der Waals surface area contributed by atoms with E-state index in [1.807, 2.05) is 19.2 Å². The topological polar surface area (TPSA) is 61.6 Å². The van der Waals surface area contributed by atoms with Gasteiger partial charge >= 0.3 is 0 Å². The molecule has 0 fully saturated rings. The van der Waals surface area contributed by atoms with Gasteiger partial charge in [-0.1, -0.05) is 11.6 Å². The van der Waals surface area contributed by atoms with Gasteiger partial charge in [-0.15, -0.1) is 11.3 Å². The summed E-state index contributed by atoms with van der Waals surface area (Å²) in [6.07, 6.45) is 1.83. The van der Waals surface area contributed by atoms with Gasteiger partial charge in [0.05, 0.1) is 18.2 Å². The van der Waals surface area contributed by atoms with Crippen LogP contribution >= 0.6 is 22.9 Å². The number of pyridine rings is 1. The third-order valence-corrected chi connectivity index (χ3v) is 3.12. The van der Waals surface area contributed by atoms with Crippen LogP contribution in [0.2, 0.25) is 5.15 Å². The highest BCUT2D eigenvalue weighted by Crippen LogP contribution is 2.16. The molecule has 0 aliphatic heterocycles. The predicted octanol–water partition coefficient (Wildman–Crippen LogP) is 2.98. The minimum absolute atomic E-state index is 0.307. The van der Waals surface area contributed by atoms with Gasteiger partial charge in [-0.25, -0.2) is 9.97 Å². The molecule has 0 amide bonds. The van der Waals surface area contributed by atoms with Crippen LogP contribution in [0.4, 0.5) is 5.82 Å². The molecule has 17 heavy (non-hydrogen) atoms. The third kappa shape index (κ3) is 3.16. The summed E-state index contributed by atoms with van der Waals surface area (Å²) >= 11 is 7.42. The molecule has 2 aromatic heterocycles. The van der Waals surface area contributed by atoms with E-state index in [0.717, 1.165) is 5.01 Å². The van der Waals surface area contributed by atoms with E-state index in [4.69, 9.17) is 16.9 Å². The van der Waals surface area contributed by atoms with E-state index >= 15 is 0 Å². The highest BCUT2D eigenvalue weighted by molar-refractivity contribution is 7.11. The monoisotopic (exact) mass is 264 g/mol. The molecule has 0 saturated heterocycles. The average molecular weight is 265 g/mol. The van der Waals surface area contributed by atoms with Crippen molar-refractivity contribution >= 4 is 28.8 Å². The van der Waals surface area contributed by atoms with E-state index < -0.39 is 0 Å². The van der Waals surface area contributed by atoms with Gasteiger partial charge in [0.1, 0.15) is 16.0 Å². The number of nitrogens with one attached hydrogen (secondary N) is 1. The Morgan fingerprint density at radius 3 is 3.00 bits per heavy atom. The lowest BCUT2D eigenvalue weighted by Crippen LogP contribution is -2.01. The van der Waals surface area contributed by atoms with E-state index in [-0.39, 0.29) is 0 Å². The molecule has 0 aliphatic carbocycles. The highest BCUT2D eigenvalue weighted by atomic mass is 35.5. The average Bonchev–Trinajstić information content (AvgIpc) is 2.72. The van der Waals surface area contributed by atoms with Gasteiger partial charge < -0.3 is 5.32 Å². The van der Waals surface area contributed by atoms with Crippen molar-refractivity contribution in [3.05, 3.63) is 38.9 Å². The predicted molar refractivity (Wildman–Crippen MR) is 68.1 cm³/mol. The van der Waals surface area contributed by atoms with Crippen molar-refractivity contribution < 1.29 is 0 Å². The molecule has 4 nitrogen and oxygen atoms in total. The molecule has 0 spiro atoms. The smallest absolute Gasteiger partial charge is 0.132 e. The summed E-state index contributed by atoms with van der Waals surface area (Å²) in [4.78, 5) is 9.48. The van der Waals surface area contributed by atoms with Crippen LogP contribution in [-0.4, -0.2) is 9.97 Å². The molecular weight excluding hydrogens is 256 g/mol. The summed E-state index contributed by atoms with van der Waals surface area (Å²) in [6.45, 7) is 2.59. The van der Waals surface area contributed by atoms with Crippen LogP contribution in [0.15, 0.2) is 18.3 Å². The molecule has 0 unspecified atom stereocenters. The molecule has 6 heteroatoms. The van der Waals surface area contributed by atoms with Crippen molar-refractivity contribution in [2.24, 2.45) is 0 Å². The van der Waals surface area contributed by atoms with Crippen molar-refractivity contribution in [1.82, 2.24) is 9.97 Å². The van der Waals surface area contributed by atoms with E-state index in [9.17, 15) is 0 Å². The Hall–Kier alpha value is -1.64. The Kier molecular flexibility index (Phi) is 3.57. The molecule has 2 aromatic rings. The molecule has 2 rings (SSSR count). The number of anilines is 1. The Morgan fingerprint density at radius 1 is 1.53 bits per heavy atom. The number of hydrogen-bond acceptors (Lipinski definition) is 5. The maximum atomic E-state index is 8.80. The third-order valence-electron chi connectivity index (χ3n) is 2.01. The van der Waals surface area contributed by atoms with E-state index in [1.165, 1.54) is 10.9 Å². The zero-order valence-corrected chi connectivity index (χ0v) is 10.6. The van der Waals surface area contributed by atoms with Crippen molar-refractivity contribution in [2.45, 2.75) is 13.5 Å². The molecule has 0 aliphatic rings. The Morgan fingerprint density at radius 2 is 2.35 bits per heavy atom. The molecule has 0 saturated carbocycles. The van der Waals surface area contributed by atoms with E-state index in [0.29, 0.717) is 23.1 Å². The zero-order chi connectivity index (χ0) is 12.3. The normalized spacial score (nSPS) is 9.94. The fourth-order valence-electron chi connectivity index (χ4n) is 1.30. The maximum Gasteiger partial charge on any atom is 0.132 e. The van der Waals surface area contributed by atoms with E-state index in [2.05, 4.69) is 15.3 Å². The van der Waals surface area contributed by atoms with Gasteiger partial charge in [-0.2, -0.15) is 5.26 Å². The Labute approximate surface area is 108 Å². The second-order valence-electron chi connectivity index (χ2n) is 3.39. The van der Waals surface area contributed by atoms with Crippen molar-refractivity contribution in [3.63, 3.8) is 0 Å². The Bertz CT molecular complexity index is 573. The molecular formula is C11H9ClN4S. The molecule has 86 valence electrons. The number of nitrogens with zero attached hydrogens (tertiary/aromatic N) is 3. The van der Waals surface area contributed by atoms with Crippen molar-refractivity contribution in [1.29, 1.82) is 5.26 Å². The van der Waals surface area contributed by atoms with Gasteiger partial charge in [0.2, 0.25) is 0 Å². The van der Waals surface area contributed by atoms with Crippen LogP contribution in [0.5, 0.6) is 0 Å². The zero-order valence-electron chi connectivity index (χ0n) is 9.07. The standard InChI is InChI=1S/C11H9ClN4S/c1-7-5-15-11(17-7)6-14-10-3-8(4-13)2-9(12)16-10/h2-3,5H,6H2,1H3,(H,14,16). The number of hydrogen-bond donors (Lipinski definition) is 1. The second kappa shape index (κ2) is 5.13. The number of nitriles is 1. The summed E-state index contributed by atoms with van der Waals surface area (Å²) in [7, 11) is 0. The molecule has 0 atom stereocenters. The summed E-state index contributed by atoms with van der Waals surface area (Å²) in [5.74, 6) is 0.585. The van der Waals surface area contributed by atoms with Gasteiger partial charge in [0.15, 0.2) is 0 Å². The molecule has 0 aromatic carbocycles. The van der Waals surface area contributed by atoms with E-state index in [1.54, 1.807) is 17.4 Å². The summed E-state index contributed by atoms with van der Waals surface area (Å²) in [5.41, 5.74) is 0.489. The first kappa shape index (κ1) is 11.8. The summed E-state index contributed by atoms with van der Waals surface area (Å²) in [6, 6.07) is 5.22. The number of halogens is 1. The molecule has 0 bridgehead atoms. The van der Waals surface area contributed by atoms with Gasteiger partial charge in [0, 0.05) is 11.1 Å². The summed E-state index contributed by atoms with van der Waals surface area (Å²) in [5, 5.41) is 13.2. The molecule has 2 heterocycles. The van der Waals surface area contributed by atoms with Crippen LogP contribution in [0.1, 0.15) is 15.4 Å². The van der Waals surface area contributed by atoms with Crippen LogP contribution in [0.25, 0.3) is 0 Å². The van der Waals surface area contributed by atoms with Gasteiger partial charge in [0.25, 0.3) is 0 Å². The SMILES string of the molecule is Cc1cnc(CNc2cc(C#N)cc(Cl)n2)s1. The molecule has 0 radical (unpaired) electrons. The number of aromatic nitrogens is 2. The first-order valence-electron chi connectivity index (χ1n) is 4.90. The fraction of sp³-hybridized carbons (Fsp3) is 0.182. The number of rotatable bonds is 3. The lowest BCUT2D eigenvalue weighted by Gasteiger charge is -2.03. The fourth-order valence-corrected chi connectivity index (χ4v) is 2.24. The number of aryl methyl sites for hydroxylation is 1. The second-order valence-corrected chi connectivity index (χ2v) is 5.10. The largest absolute Gasteiger partial charge is 0.363 e. The minimum atomic E-state index is 0.307. The molecule has 1 N–H and O–H groups in total. The van der Waals surface area contributed by atoms with Crippen molar-refractivity contribution in [3.8, 4) is 6.07 Å². The van der Waals surface area contributed by atoms with Crippen LogP contribution < -0.4 is 5.32 Å². The lowest BCUT2D eigenvalue weighted by atomic mass is 10.3. The van der Waals surface area contributed by atoms with Crippen LogP contribution in [-0.2, 0) is 6.54 Å². The lowest BCUT2D eigenvalue weighted by molar-refractivity contribution is 1.08. The highest BCUT2D eigenvalue weighted by Gasteiger charge is 2.02. The van der Waals surface area contributed by atoms with Crippen molar-refractivity contribution in [2.75, 3.05) is 5.32 Å². The van der Waals surface area contributed by atoms with Gasteiger partial charge in [-0.3, -0.25) is 0 Å².